The highest BCUT2D eigenvalue weighted by atomic mass is 16.5. The molecule has 2 amide bonds. The highest BCUT2D eigenvalue weighted by Crippen LogP contribution is 2.32. The molecule has 21 heavy (non-hydrogen) atoms. The Bertz CT molecular complexity index is 556. The molecular formula is C15H20N2O4. The lowest BCUT2D eigenvalue weighted by Crippen LogP contribution is -2.55. The van der Waals surface area contributed by atoms with Crippen LogP contribution in [0.25, 0.3) is 0 Å². The van der Waals surface area contributed by atoms with Crippen LogP contribution in [-0.2, 0) is 16.0 Å². The van der Waals surface area contributed by atoms with Gasteiger partial charge in [-0.25, -0.2) is 9.59 Å². The van der Waals surface area contributed by atoms with Crippen molar-refractivity contribution in [2.75, 3.05) is 18.6 Å². The molecule has 1 atom stereocenters. The van der Waals surface area contributed by atoms with E-state index in [2.05, 4.69) is 5.32 Å². The second-order valence-electron chi connectivity index (χ2n) is 5.80. The van der Waals surface area contributed by atoms with Gasteiger partial charge in [0.25, 0.3) is 0 Å². The van der Waals surface area contributed by atoms with E-state index in [1.54, 1.807) is 19.2 Å². The lowest BCUT2D eigenvalue weighted by Gasteiger charge is -2.30. The summed E-state index contributed by atoms with van der Waals surface area (Å²) in [7, 11) is 1.55. The number of carboxylic acid groups (broad SMARTS) is 1. The van der Waals surface area contributed by atoms with Crippen molar-refractivity contribution in [1.29, 1.82) is 0 Å². The number of nitrogens with zero attached hydrogens (tertiary/aromatic N) is 1. The Kier molecular flexibility index (Phi) is 4.18. The number of urea groups is 1. The van der Waals surface area contributed by atoms with Crippen molar-refractivity contribution in [3.8, 4) is 0 Å². The Morgan fingerprint density at radius 1 is 1.43 bits per heavy atom. The SMILES string of the molecule is COCC(C)(C)NC(=O)N1c2ccccc2CC1C(=O)O. The van der Waals surface area contributed by atoms with Crippen LogP contribution in [-0.4, -0.2) is 42.4 Å². The summed E-state index contributed by atoms with van der Waals surface area (Å²) >= 11 is 0. The minimum Gasteiger partial charge on any atom is -0.480 e. The summed E-state index contributed by atoms with van der Waals surface area (Å²) in [6, 6.07) is 5.95. The lowest BCUT2D eigenvalue weighted by atomic mass is 10.1. The summed E-state index contributed by atoms with van der Waals surface area (Å²) in [6.07, 6.45) is 0.323. The number of methoxy groups -OCH3 is 1. The first-order valence-electron chi connectivity index (χ1n) is 6.77. The Labute approximate surface area is 123 Å². The number of hydrogen-bond acceptors (Lipinski definition) is 3. The van der Waals surface area contributed by atoms with Crippen molar-refractivity contribution in [3.05, 3.63) is 29.8 Å². The number of carbonyl (C=O) groups excluding carboxylic acids is 1. The predicted octanol–water partition coefficient (Wildman–Crippen LogP) is 1.64. The van der Waals surface area contributed by atoms with E-state index in [-0.39, 0.29) is 0 Å². The number of hydrogen-bond donors (Lipinski definition) is 2. The molecular weight excluding hydrogens is 272 g/mol. The number of ether oxygens (including phenoxy) is 1. The van der Waals surface area contributed by atoms with Gasteiger partial charge in [0.15, 0.2) is 0 Å². The first-order valence-corrected chi connectivity index (χ1v) is 6.77. The number of nitrogens with one attached hydrogen (secondary N) is 1. The van der Waals surface area contributed by atoms with E-state index in [0.29, 0.717) is 18.7 Å². The fraction of sp³-hybridized carbons (Fsp3) is 0.467. The molecule has 1 aromatic rings. The summed E-state index contributed by atoms with van der Waals surface area (Å²) < 4.78 is 5.06. The van der Waals surface area contributed by atoms with E-state index in [0.717, 1.165) is 5.56 Å². The molecule has 1 unspecified atom stereocenters. The average molecular weight is 292 g/mol. The van der Waals surface area contributed by atoms with Gasteiger partial charge in [-0.1, -0.05) is 18.2 Å². The van der Waals surface area contributed by atoms with Gasteiger partial charge < -0.3 is 15.2 Å². The molecule has 114 valence electrons. The molecule has 1 aromatic carbocycles. The van der Waals surface area contributed by atoms with Crippen molar-refractivity contribution >= 4 is 17.7 Å². The van der Waals surface area contributed by atoms with Crippen LogP contribution in [0.15, 0.2) is 24.3 Å². The number of fused-ring (bicyclic) bond motifs is 1. The monoisotopic (exact) mass is 292 g/mol. The summed E-state index contributed by atoms with van der Waals surface area (Å²) in [6.45, 7) is 3.99. The van der Waals surface area contributed by atoms with Gasteiger partial charge in [-0.3, -0.25) is 4.90 Å². The summed E-state index contributed by atoms with van der Waals surface area (Å²) in [5, 5.41) is 12.2. The van der Waals surface area contributed by atoms with Crippen LogP contribution >= 0.6 is 0 Å². The Balaban J connectivity index is 2.26. The van der Waals surface area contributed by atoms with Gasteiger partial charge in [0.2, 0.25) is 0 Å². The van der Waals surface area contributed by atoms with Crippen molar-refractivity contribution in [3.63, 3.8) is 0 Å². The summed E-state index contributed by atoms with van der Waals surface area (Å²) in [5.74, 6) is -1.01. The molecule has 6 heteroatoms. The molecule has 0 saturated carbocycles. The molecule has 1 aliphatic heterocycles. The lowest BCUT2D eigenvalue weighted by molar-refractivity contribution is -0.138. The smallest absolute Gasteiger partial charge is 0.327 e. The van der Waals surface area contributed by atoms with Crippen LogP contribution < -0.4 is 10.2 Å². The van der Waals surface area contributed by atoms with Crippen LogP contribution in [0.3, 0.4) is 0 Å². The van der Waals surface area contributed by atoms with Crippen LogP contribution in [0.2, 0.25) is 0 Å². The van der Waals surface area contributed by atoms with Crippen LogP contribution in [0.5, 0.6) is 0 Å². The van der Waals surface area contributed by atoms with Gasteiger partial charge in [0.1, 0.15) is 6.04 Å². The largest absolute Gasteiger partial charge is 0.480 e. The van der Waals surface area contributed by atoms with Crippen molar-refractivity contribution < 1.29 is 19.4 Å². The Morgan fingerprint density at radius 2 is 2.10 bits per heavy atom. The number of rotatable bonds is 4. The van der Waals surface area contributed by atoms with Gasteiger partial charge in [-0.05, 0) is 25.5 Å². The summed E-state index contributed by atoms with van der Waals surface area (Å²) in [5.41, 5.74) is 0.937. The highest BCUT2D eigenvalue weighted by molar-refractivity contribution is 6.01. The predicted molar refractivity (Wildman–Crippen MR) is 78.5 cm³/mol. The molecule has 2 N–H and O–H groups in total. The average Bonchev–Trinajstić information content (AvgIpc) is 2.77. The molecule has 0 fully saturated rings. The molecule has 0 bridgehead atoms. The molecule has 1 heterocycles. The van der Waals surface area contributed by atoms with Gasteiger partial charge >= 0.3 is 12.0 Å². The number of amides is 2. The van der Waals surface area contributed by atoms with E-state index >= 15 is 0 Å². The van der Waals surface area contributed by atoms with E-state index in [1.807, 2.05) is 26.0 Å². The minimum atomic E-state index is -1.01. The third-order valence-electron chi connectivity index (χ3n) is 3.43. The molecule has 0 radical (unpaired) electrons. The molecule has 0 saturated heterocycles. The quantitative estimate of drug-likeness (QED) is 0.884. The fourth-order valence-corrected chi connectivity index (χ4v) is 2.58. The number of aliphatic carboxylic acids is 1. The zero-order valence-corrected chi connectivity index (χ0v) is 12.4. The van der Waals surface area contributed by atoms with E-state index in [4.69, 9.17) is 4.74 Å². The second-order valence-corrected chi connectivity index (χ2v) is 5.80. The maximum absolute atomic E-state index is 12.5. The van der Waals surface area contributed by atoms with Gasteiger partial charge in [0.05, 0.1) is 12.1 Å². The van der Waals surface area contributed by atoms with E-state index in [1.165, 1.54) is 4.90 Å². The standard InChI is InChI=1S/C15H20N2O4/c1-15(2,9-21-3)16-14(20)17-11-7-5-4-6-10(11)8-12(17)13(18)19/h4-7,12H,8-9H2,1-3H3,(H,16,20)(H,18,19). The van der Waals surface area contributed by atoms with E-state index < -0.39 is 23.6 Å². The van der Waals surface area contributed by atoms with Crippen LogP contribution in [0.4, 0.5) is 10.5 Å². The maximum atomic E-state index is 12.5. The number of carbonyl (C=O) groups is 2. The van der Waals surface area contributed by atoms with Gasteiger partial charge in [0, 0.05) is 19.2 Å². The first kappa shape index (κ1) is 15.3. The summed E-state index contributed by atoms with van der Waals surface area (Å²) in [4.78, 5) is 25.3. The highest BCUT2D eigenvalue weighted by Gasteiger charge is 2.39. The fourth-order valence-electron chi connectivity index (χ4n) is 2.58. The van der Waals surface area contributed by atoms with Crippen LogP contribution in [0, 0.1) is 0 Å². The molecule has 0 aliphatic carbocycles. The first-order chi connectivity index (χ1) is 9.85. The van der Waals surface area contributed by atoms with E-state index in [9.17, 15) is 14.7 Å². The van der Waals surface area contributed by atoms with Gasteiger partial charge in [-0.15, -0.1) is 0 Å². The van der Waals surface area contributed by atoms with Gasteiger partial charge in [-0.2, -0.15) is 0 Å². The Hall–Kier alpha value is -2.08. The molecule has 0 aromatic heterocycles. The zero-order valence-electron chi connectivity index (χ0n) is 12.4. The third-order valence-corrected chi connectivity index (χ3v) is 3.43. The number of para-hydroxylation sites is 1. The minimum absolute atomic E-state index is 0.323. The van der Waals surface area contributed by atoms with Crippen molar-refractivity contribution in [1.82, 2.24) is 5.32 Å². The molecule has 0 spiro atoms. The maximum Gasteiger partial charge on any atom is 0.327 e. The normalized spacial score (nSPS) is 17.5. The topological polar surface area (TPSA) is 78.9 Å². The molecule has 6 nitrogen and oxygen atoms in total. The number of carboxylic acids is 1. The van der Waals surface area contributed by atoms with Crippen molar-refractivity contribution in [2.24, 2.45) is 0 Å². The Morgan fingerprint density at radius 3 is 2.71 bits per heavy atom. The zero-order chi connectivity index (χ0) is 15.6. The van der Waals surface area contributed by atoms with Crippen molar-refractivity contribution in [2.45, 2.75) is 31.8 Å². The number of benzene rings is 1. The second kappa shape index (κ2) is 5.73. The third kappa shape index (κ3) is 3.16. The number of anilines is 1. The van der Waals surface area contributed by atoms with Crippen LogP contribution in [0.1, 0.15) is 19.4 Å². The molecule has 2 rings (SSSR count). The molecule has 1 aliphatic rings.